The monoisotopic (exact) mass is 165 g/mol. The van der Waals surface area contributed by atoms with E-state index in [-0.39, 0.29) is 12.4 Å². The third-order valence-electron chi connectivity index (χ3n) is 1.92. The van der Waals surface area contributed by atoms with Gasteiger partial charge in [0, 0.05) is 19.3 Å². The predicted molar refractivity (Wildman–Crippen MR) is 44.8 cm³/mol. The van der Waals surface area contributed by atoms with Gasteiger partial charge in [-0.2, -0.15) is 0 Å². The smallest absolute Gasteiger partial charge is 0.0480 e. The van der Waals surface area contributed by atoms with E-state index < -0.39 is 0 Å². The van der Waals surface area contributed by atoms with Crippen LogP contribution in [0.3, 0.4) is 0 Å². The molecule has 1 saturated heterocycles. The fraction of sp³-hybridized carbons (Fsp3) is 1.00. The van der Waals surface area contributed by atoms with Crippen molar-refractivity contribution in [1.29, 1.82) is 0 Å². The van der Waals surface area contributed by atoms with Gasteiger partial charge in [0.05, 0.1) is 0 Å². The molecule has 1 aliphatic heterocycles. The van der Waals surface area contributed by atoms with E-state index in [0.29, 0.717) is 0 Å². The molecule has 1 heterocycles. The van der Waals surface area contributed by atoms with Gasteiger partial charge in [0.15, 0.2) is 0 Å². The summed E-state index contributed by atoms with van der Waals surface area (Å²) in [5, 5.41) is 0. The maximum Gasteiger partial charge on any atom is 0.0480 e. The highest BCUT2D eigenvalue weighted by atomic mass is 35.5. The van der Waals surface area contributed by atoms with Crippen LogP contribution in [0, 0.1) is 0 Å². The van der Waals surface area contributed by atoms with E-state index in [1.54, 1.807) is 0 Å². The lowest BCUT2D eigenvalue weighted by atomic mass is 10.1. The van der Waals surface area contributed by atoms with Gasteiger partial charge in [-0.15, -0.1) is 12.4 Å². The van der Waals surface area contributed by atoms with Gasteiger partial charge in [0.1, 0.15) is 0 Å². The molecule has 62 valence electrons. The SMILES string of the molecule is CN(C)C1CCOCC1.Cl. The molecule has 1 fully saturated rings. The Morgan fingerprint density at radius 1 is 1.20 bits per heavy atom. The van der Waals surface area contributed by atoms with Crippen molar-refractivity contribution in [2.24, 2.45) is 0 Å². The molecule has 1 aliphatic rings. The third-order valence-corrected chi connectivity index (χ3v) is 1.92. The highest BCUT2D eigenvalue weighted by molar-refractivity contribution is 5.85. The van der Waals surface area contributed by atoms with Crippen LogP contribution in [-0.4, -0.2) is 38.3 Å². The van der Waals surface area contributed by atoms with Gasteiger partial charge >= 0.3 is 0 Å². The zero-order valence-corrected chi connectivity index (χ0v) is 7.49. The maximum atomic E-state index is 5.22. The molecule has 3 heteroatoms. The molecule has 0 bridgehead atoms. The summed E-state index contributed by atoms with van der Waals surface area (Å²) in [5.74, 6) is 0. The van der Waals surface area contributed by atoms with Gasteiger partial charge in [-0.05, 0) is 26.9 Å². The fourth-order valence-electron chi connectivity index (χ4n) is 1.20. The molecule has 0 aromatic heterocycles. The van der Waals surface area contributed by atoms with E-state index in [2.05, 4.69) is 19.0 Å². The number of hydrogen-bond acceptors (Lipinski definition) is 2. The van der Waals surface area contributed by atoms with Crippen LogP contribution in [-0.2, 0) is 4.74 Å². The van der Waals surface area contributed by atoms with E-state index >= 15 is 0 Å². The minimum absolute atomic E-state index is 0. The minimum Gasteiger partial charge on any atom is -0.381 e. The van der Waals surface area contributed by atoms with Gasteiger partial charge < -0.3 is 9.64 Å². The van der Waals surface area contributed by atoms with Gasteiger partial charge in [0.2, 0.25) is 0 Å². The topological polar surface area (TPSA) is 12.5 Å². The molecule has 0 saturated carbocycles. The largest absolute Gasteiger partial charge is 0.381 e. The van der Waals surface area contributed by atoms with E-state index in [1.807, 2.05) is 0 Å². The second kappa shape index (κ2) is 4.94. The fourth-order valence-corrected chi connectivity index (χ4v) is 1.20. The predicted octanol–water partition coefficient (Wildman–Crippen LogP) is 1.15. The van der Waals surface area contributed by atoms with Gasteiger partial charge in [0.25, 0.3) is 0 Å². The van der Waals surface area contributed by atoms with Crippen LogP contribution in [0.1, 0.15) is 12.8 Å². The lowest BCUT2D eigenvalue weighted by Crippen LogP contribution is -2.33. The molecule has 0 N–H and O–H groups in total. The minimum atomic E-state index is 0. The molecule has 0 amide bonds. The van der Waals surface area contributed by atoms with Crippen LogP contribution in [0.25, 0.3) is 0 Å². The molecular weight excluding hydrogens is 150 g/mol. The van der Waals surface area contributed by atoms with Gasteiger partial charge in [-0.1, -0.05) is 0 Å². The Labute approximate surface area is 68.9 Å². The van der Waals surface area contributed by atoms with E-state index in [1.165, 1.54) is 12.8 Å². The number of ether oxygens (including phenoxy) is 1. The average molecular weight is 166 g/mol. The Morgan fingerprint density at radius 3 is 2.00 bits per heavy atom. The molecular formula is C7H16ClNO. The van der Waals surface area contributed by atoms with Crippen molar-refractivity contribution >= 4 is 12.4 Å². The Morgan fingerprint density at radius 2 is 1.70 bits per heavy atom. The second-order valence-corrected chi connectivity index (χ2v) is 2.81. The highest BCUT2D eigenvalue weighted by Gasteiger charge is 2.14. The van der Waals surface area contributed by atoms with Crippen LogP contribution in [0.5, 0.6) is 0 Å². The van der Waals surface area contributed by atoms with Crippen molar-refractivity contribution in [3.8, 4) is 0 Å². The summed E-state index contributed by atoms with van der Waals surface area (Å²) in [5.41, 5.74) is 0. The summed E-state index contributed by atoms with van der Waals surface area (Å²) in [6, 6.07) is 0.763. The van der Waals surface area contributed by atoms with Crippen molar-refractivity contribution in [2.45, 2.75) is 18.9 Å². The molecule has 10 heavy (non-hydrogen) atoms. The summed E-state index contributed by atoms with van der Waals surface area (Å²) in [6.07, 6.45) is 2.40. The number of nitrogens with zero attached hydrogens (tertiary/aromatic N) is 1. The average Bonchev–Trinajstić information content (AvgIpc) is 1.90. The third kappa shape index (κ3) is 2.86. The van der Waals surface area contributed by atoms with Gasteiger partial charge in [-0.3, -0.25) is 0 Å². The Bertz CT molecular complexity index is 81.7. The Balaban J connectivity index is 0.000000810. The number of hydrogen-bond donors (Lipinski definition) is 0. The molecule has 2 nitrogen and oxygen atoms in total. The zero-order valence-electron chi connectivity index (χ0n) is 6.67. The first-order valence-electron chi connectivity index (χ1n) is 3.55. The molecule has 0 unspecified atom stereocenters. The van der Waals surface area contributed by atoms with Crippen molar-refractivity contribution < 1.29 is 4.74 Å². The lowest BCUT2D eigenvalue weighted by Gasteiger charge is -2.27. The van der Waals surface area contributed by atoms with Crippen molar-refractivity contribution in [2.75, 3.05) is 27.3 Å². The lowest BCUT2D eigenvalue weighted by molar-refractivity contribution is 0.0506. The first kappa shape index (κ1) is 10.2. The Hall–Kier alpha value is 0.210. The maximum absolute atomic E-state index is 5.22. The molecule has 0 aromatic carbocycles. The first-order valence-corrected chi connectivity index (χ1v) is 3.55. The molecule has 0 radical (unpaired) electrons. The standard InChI is InChI=1S/C7H15NO.ClH/c1-8(2)7-3-5-9-6-4-7;/h7H,3-6H2,1-2H3;1H. The van der Waals surface area contributed by atoms with Crippen molar-refractivity contribution in [1.82, 2.24) is 4.90 Å². The van der Waals surface area contributed by atoms with Crippen LogP contribution in [0.4, 0.5) is 0 Å². The zero-order chi connectivity index (χ0) is 6.69. The molecule has 1 rings (SSSR count). The normalized spacial score (nSPS) is 20.7. The second-order valence-electron chi connectivity index (χ2n) is 2.81. The van der Waals surface area contributed by atoms with E-state index in [4.69, 9.17) is 4.74 Å². The summed E-state index contributed by atoms with van der Waals surface area (Å²) < 4.78 is 5.22. The molecule has 0 atom stereocenters. The van der Waals surface area contributed by atoms with Crippen LogP contribution >= 0.6 is 12.4 Å². The molecule has 0 aliphatic carbocycles. The van der Waals surface area contributed by atoms with Gasteiger partial charge in [-0.25, -0.2) is 0 Å². The van der Waals surface area contributed by atoms with Crippen molar-refractivity contribution in [3.63, 3.8) is 0 Å². The highest BCUT2D eigenvalue weighted by Crippen LogP contribution is 2.10. The first-order chi connectivity index (χ1) is 4.30. The van der Waals surface area contributed by atoms with Crippen LogP contribution < -0.4 is 0 Å². The molecule has 0 spiro atoms. The summed E-state index contributed by atoms with van der Waals surface area (Å²) in [7, 11) is 4.27. The summed E-state index contributed by atoms with van der Waals surface area (Å²) in [4.78, 5) is 2.28. The van der Waals surface area contributed by atoms with E-state index in [0.717, 1.165) is 19.3 Å². The summed E-state index contributed by atoms with van der Waals surface area (Å²) in [6.45, 7) is 1.89. The summed E-state index contributed by atoms with van der Waals surface area (Å²) >= 11 is 0. The number of halogens is 1. The van der Waals surface area contributed by atoms with Crippen LogP contribution in [0.2, 0.25) is 0 Å². The quantitative estimate of drug-likeness (QED) is 0.578. The molecule has 0 aromatic rings. The van der Waals surface area contributed by atoms with Crippen LogP contribution in [0.15, 0.2) is 0 Å². The van der Waals surface area contributed by atoms with Crippen molar-refractivity contribution in [3.05, 3.63) is 0 Å². The number of rotatable bonds is 1. The Kier molecular flexibility index (Phi) is 5.04. The van der Waals surface area contributed by atoms with E-state index in [9.17, 15) is 0 Å².